The molecule has 0 saturated heterocycles. The number of thioether (sulfide) groups is 1. The van der Waals surface area contributed by atoms with E-state index in [0.29, 0.717) is 6.54 Å². The Hall–Kier alpha value is -0.220. The SMILES string of the molecule is CNC(=O)CNCCCSC. The fourth-order valence-corrected chi connectivity index (χ4v) is 1.06. The summed E-state index contributed by atoms with van der Waals surface area (Å²) in [6.07, 6.45) is 3.21. The lowest BCUT2D eigenvalue weighted by Crippen LogP contribution is -2.31. The highest BCUT2D eigenvalue weighted by atomic mass is 32.2. The third-order valence-corrected chi connectivity index (χ3v) is 1.96. The van der Waals surface area contributed by atoms with Gasteiger partial charge >= 0.3 is 0 Å². The molecule has 0 rings (SSSR count). The van der Waals surface area contributed by atoms with Gasteiger partial charge in [-0.05, 0) is 25.0 Å². The molecular formula is C7H16N2OS. The Labute approximate surface area is 72.3 Å². The molecule has 1 amide bonds. The van der Waals surface area contributed by atoms with Crippen LogP contribution in [0, 0.1) is 0 Å². The number of carbonyl (C=O) groups excluding carboxylic acids is 1. The molecule has 0 radical (unpaired) electrons. The van der Waals surface area contributed by atoms with Crippen molar-refractivity contribution < 1.29 is 4.79 Å². The molecular weight excluding hydrogens is 160 g/mol. The van der Waals surface area contributed by atoms with Crippen LogP contribution in [-0.4, -0.2) is 38.1 Å². The van der Waals surface area contributed by atoms with E-state index in [0.717, 1.165) is 18.7 Å². The zero-order valence-electron chi connectivity index (χ0n) is 7.14. The first-order valence-corrected chi connectivity index (χ1v) is 5.11. The summed E-state index contributed by atoms with van der Waals surface area (Å²) in [5.74, 6) is 1.20. The van der Waals surface area contributed by atoms with Crippen molar-refractivity contribution in [1.29, 1.82) is 0 Å². The molecule has 0 aromatic rings. The van der Waals surface area contributed by atoms with Crippen molar-refractivity contribution in [2.45, 2.75) is 6.42 Å². The average Bonchev–Trinajstić information content (AvgIpc) is 2.04. The van der Waals surface area contributed by atoms with Gasteiger partial charge in [-0.15, -0.1) is 0 Å². The molecule has 0 bridgehead atoms. The highest BCUT2D eigenvalue weighted by molar-refractivity contribution is 7.98. The number of rotatable bonds is 6. The fourth-order valence-electron chi connectivity index (χ4n) is 0.632. The van der Waals surface area contributed by atoms with Crippen LogP contribution in [-0.2, 0) is 4.79 Å². The minimum Gasteiger partial charge on any atom is -0.358 e. The summed E-state index contributed by atoms with van der Waals surface area (Å²) in [5, 5.41) is 5.59. The summed E-state index contributed by atoms with van der Waals surface area (Å²) in [7, 11) is 1.64. The summed E-state index contributed by atoms with van der Waals surface area (Å²) in [6, 6.07) is 0. The summed E-state index contributed by atoms with van der Waals surface area (Å²) >= 11 is 1.83. The molecule has 66 valence electrons. The highest BCUT2D eigenvalue weighted by Crippen LogP contribution is 1.92. The molecule has 0 aromatic heterocycles. The van der Waals surface area contributed by atoms with Gasteiger partial charge in [0.1, 0.15) is 0 Å². The van der Waals surface area contributed by atoms with E-state index in [1.165, 1.54) is 0 Å². The van der Waals surface area contributed by atoms with Crippen LogP contribution >= 0.6 is 11.8 Å². The Morgan fingerprint density at radius 2 is 2.27 bits per heavy atom. The second-order valence-electron chi connectivity index (χ2n) is 2.20. The maximum atomic E-state index is 10.7. The Kier molecular flexibility index (Phi) is 7.72. The lowest BCUT2D eigenvalue weighted by Gasteiger charge is -2.01. The van der Waals surface area contributed by atoms with Crippen molar-refractivity contribution >= 4 is 17.7 Å². The molecule has 0 aliphatic carbocycles. The second-order valence-corrected chi connectivity index (χ2v) is 3.18. The third-order valence-electron chi connectivity index (χ3n) is 1.27. The maximum Gasteiger partial charge on any atom is 0.233 e. The zero-order chi connectivity index (χ0) is 8.53. The van der Waals surface area contributed by atoms with E-state index in [2.05, 4.69) is 16.9 Å². The van der Waals surface area contributed by atoms with Gasteiger partial charge < -0.3 is 10.6 Å². The van der Waals surface area contributed by atoms with Crippen LogP contribution in [0.25, 0.3) is 0 Å². The smallest absolute Gasteiger partial charge is 0.233 e. The van der Waals surface area contributed by atoms with Gasteiger partial charge in [0.15, 0.2) is 0 Å². The van der Waals surface area contributed by atoms with Crippen LogP contribution in [0.2, 0.25) is 0 Å². The molecule has 0 heterocycles. The molecule has 0 aliphatic heterocycles. The normalized spacial score (nSPS) is 9.64. The van der Waals surface area contributed by atoms with Crippen LogP contribution in [0.15, 0.2) is 0 Å². The highest BCUT2D eigenvalue weighted by Gasteiger charge is 1.94. The third kappa shape index (κ3) is 7.68. The van der Waals surface area contributed by atoms with Crippen molar-refractivity contribution in [1.82, 2.24) is 10.6 Å². The number of likely N-dealkylation sites (N-methyl/N-ethyl adjacent to an activating group) is 1. The van der Waals surface area contributed by atoms with E-state index in [1.807, 2.05) is 11.8 Å². The van der Waals surface area contributed by atoms with E-state index in [1.54, 1.807) is 7.05 Å². The van der Waals surface area contributed by atoms with E-state index in [9.17, 15) is 4.79 Å². The molecule has 0 aliphatic rings. The van der Waals surface area contributed by atoms with Gasteiger partial charge in [-0.25, -0.2) is 0 Å². The van der Waals surface area contributed by atoms with Crippen LogP contribution in [0.4, 0.5) is 0 Å². The molecule has 2 N–H and O–H groups in total. The minimum absolute atomic E-state index is 0.0501. The van der Waals surface area contributed by atoms with Gasteiger partial charge in [0.05, 0.1) is 6.54 Å². The Morgan fingerprint density at radius 1 is 1.55 bits per heavy atom. The molecule has 0 atom stereocenters. The van der Waals surface area contributed by atoms with Gasteiger partial charge in [0.25, 0.3) is 0 Å². The lowest BCUT2D eigenvalue weighted by atomic mass is 10.4. The van der Waals surface area contributed by atoms with Crippen LogP contribution in [0.3, 0.4) is 0 Å². The van der Waals surface area contributed by atoms with Gasteiger partial charge in [0, 0.05) is 7.05 Å². The van der Waals surface area contributed by atoms with Crippen LogP contribution < -0.4 is 10.6 Å². The molecule has 0 unspecified atom stereocenters. The molecule has 11 heavy (non-hydrogen) atoms. The fraction of sp³-hybridized carbons (Fsp3) is 0.857. The van der Waals surface area contributed by atoms with Crippen molar-refractivity contribution in [3.63, 3.8) is 0 Å². The summed E-state index contributed by atoms with van der Waals surface area (Å²) in [6.45, 7) is 1.36. The molecule has 3 nitrogen and oxygen atoms in total. The second kappa shape index (κ2) is 7.88. The molecule has 0 fully saturated rings. The topological polar surface area (TPSA) is 41.1 Å². The molecule has 0 aromatic carbocycles. The zero-order valence-corrected chi connectivity index (χ0v) is 7.96. The summed E-state index contributed by atoms with van der Waals surface area (Å²) in [4.78, 5) is 10.7. The van der Waals surface area contributed by atoms with Crippen molar-refractivity contribution in [2.75, 3.05) is 32.1 Å². The summed E-state index contributed by atoms with van der Waals surface area (Å²) < 4.78 is 0. The summed E-state index contributed by atoms with van der Waals surface area (Å²) in [5.41, 5.74) is 0. The number of amides is 1. The van der Waals surface area contributed by atoms with Gasteiger partial charge in [-0.2, -0.15) is 11.8 Å². The van der Waals surface area contributed by atoms with E-state index in [-0.39, 0.29) is 5.91 Å². The first-order valence-electron chi connectivity index (χ1n) is 3.71. The monoisotopic (exact) mass is 176 g/mol. The Bertz CT molecular complexity index is 109. The minimum atomic E-state index is 0.0501. The molecule has 0 spiro atoms. The van der Waals surface area contributed by atoms with Crippen LogP contribution in [0.1, 0.15) is 6.42 Å². The lowest BCUT2D eigenvalue weighted by molar-refractivity contribution is -0.119. The predicted molar refractivity (Wildman–Crippen MR) is 49.9 cm³/mol. The Balaban J connectivity index is 2.95. The van der Waals surface area contributed by atoms with E-state index >= 15 is 0 Å². The molecule has 4 heteroatoms. The standard InChI is InChI=1S/C7H16N2OS/c1-8-7(10)6-9-4-3-5-11-2/h9H,3-6H2,1-2H3,(H,8,10). The van der Waals surface area contributed by atoms with Gasteiger partial charge in [-0.3, -0.25) is 4.79 Å². The number of nitrogens with one attached hydrogen (secondary N) is 2. The van der Waals surface area contributed by atoms with Crippen LogP contribution in [0.5, 0.6) is 0 Å². The van der Waals surface area contributed by atoms with Gasteiger partial charge in [-0.1, -0.05) is 0 Å². The van der Waals surface area contributed by atoms with Gasteiger partial charge in [0.2, 0.25) is 5.91 Å². The van der Waals surface area contributed by atoms with E-state index in [4.69, 9.17) is 0 Å². The average molecular weight is 176 g/mol. The van der Waals surface area contributed by atoms with Crippen molar-refractivity contribution in [3.8, 4) is 0 Å². The largest absolute Gasteiger partial charge is 0.358 e. The first-order chi connectivity index (χ1) is 5.31. The predicted octanol–water partition coefficient (Wildman–Crippen LogP) is 0.0751. The first kappa shape index (κ1) is 10.8. The van der Waals surface area contributed by atoms with Crippen molar-refractivity contribution in [3.05, 3.63) is 0 Å². The maximum absolute atomic E-state index is 10.7. The quantitative estimate of drug-likeness (QED) is 0.563. The van der Waals surface area contributed by atoms with Crippen molar-refractivity contribution in [2.24, 2.45) is 0 Å². The molecule has 0 saturated carbocycles. The number of hydrogen-bond acceptors (Lipinski definition) is 3. The van der Waals surface area contributed by atoms with E-state index < -0.39 is 0 Å². The number of carbonyl (C=O) groups is 1. The Morgan fingerprint density at radius 3 is 2.82 bits per heavy atom. The number of hydrogen-bond donors (Lipinski definition) is 2.